The first kappa shape index (κ1) is 18.6. The smallest absolute Gasteiger partial charge is 0.227 e. The summed E-state index contributed by atoms with van der Waals surface area (Å²) >= 11 is 1.62. The second-order valence-electron chi connectivity index (χ2n) is 6.94. The third-order valence-electron chi connectivity index (χ3n) is 4.81. The molecule has 0 aliphatic carbocycles. The summed E-state index contributed by atoms with van der Waals surface area (Å²) in [5, 5.41) is 5.96. The minimum absolute atomic E-state index is 0.0235. The van der Waals surface area contributed by atoms with Crippen molar-refractivity contribution in [1.29, 1.82) is 0 Å². The first-order chi connectivity index (χ1) is 12.5. The van der Waals surface area contributed by atoms with Crippen LogP contribution in [0.25, 0.3) is 0 Å². The van der Waals surface area contributed by atoms with Crippen LogP contribution in [0.5, 0.6) is 0 Å². The fraction of sp³-hybridized carbons (Fsp3) is 0.450. The number of nitrogens with one attached hydrogen (secondary N) is 1. The van der Waals surface area contributed by atoms with Gasteiger partial charge in [-0.2, -0.15) is 0 Å². The number of rotatable bonds is 7. The average molecular weight is 372 g/mol. The molecule has 1 aromatic heterocycles. The molecule has 0 unspecified atom stereocenters. The van der Waals surface area contributed by atoms with Gasteiger partial charge >= 0.3 is 0 Å². The summed E-state index contributed by atoms with van der Waals surface area (Å²) in [6.07, 6.45) is 4.26. The van der Waals surface area contributed by atoms with Crippen LogP contribution in [0, 0.1) is 5.92 Å². The zero-order valence-corrected chi connectivity index (χ0v) is 16.1. The van der Waals surface area contributed by atoms with Gasteiger partial charge in [0.15, 0.2) is 0 Å². The monoisotopic (exact) mass is 371 g/mol. The fourth-order valence-electron chi connectivity index (χ4n) is 3.35. The van der Waals surface area contributed by atoms with Gasteiger partial charge < -0.3 is 10.2 Å². The van der Waals surface area contributed by atoms with Crippen LogP contribution < -0.4 is 5.32 Å². The fourth-order valence-corrected chi connectivity index (χ4v) is 3.96. The predicted octanol–water partition coefficient (Wildman–Crippen LogP) is 3.51. The highest BCUT2D eigenvalue weighted by Gasteiger charge is 2.27. The van der Waals surface area contributed by atoms with Gasteiger partial charge in [0, 0.05) is 48.6 Å². The van der Waals surface area contributed by atoms with E-state index in [-0.39, 0.29) is 23.8 Å². The highest BCUT2D eigenvalue weighted by atomic mass is 32.1. The van der Waals surface area contributed by atoms with E-state index in [2.05, 4.69) is 10.3 Å². The van der Waals surface area contributed by atoms with Crippen molar-refractivity contribution in [1.82, 2.24) is 9.88 Å². The molecule has 5 nitrogen and oxygen atoms in total. The molecule has 6 heteroatoms. The molecule has 26 heavy (non-hydrogen) atoms. The van der Waals surface area contributed by atoms with Gasteiger partial charge in [-0.3, -0.25) is 9.59 Å². The Bertz CT molecular complexity index is 758. The van der Waals surface area contributed by atoms with Crippen molar-refractivity contribution in [2.75, 3.05) is 11.9 Å². The van der Waals surface area contributed by atoms with Crippen molar-refractivity contribution in [3.8, 4) is 0 Å². The van der Waals surface area contributed by atoms with Crippen LogP contribution in [0.4, 0.5) is 5.69 Å². The van der Waals surface area contributed by atoms with E-state index >= 15 is 0 Å². The molecule has 138 valence electrons. The maximum Gasteiger partial charge on any atom is 0.227 e. The molecule has 1 aliphatic rings. The number of nitrogens with zero attached hydrogens (tertiary/aromatic N) is 2. The molecular weight excluding hydrogens is 346 g/mol. The Hall–Kier alpha value is -2.21. The van der Waals surface area contributed by atoms with E-state index in [1.165, 1.54) is 0 Å². The third-order valence-corrected chi connectivity index (χ3v) is 5.65. The highest BCUT2D eigenvalue weighted by molar-refractivity contribution is 7.09. The minimum atomic E-state index is -0.137. The number of hydrogen-bond acceptors (Lipinski definition) is 4. The number of amides is 2. The van der Waals surface area contributed by atoms with Crippen LogP contribution in [0.2, 0.25) is 0 Å². The molecule has 0 spiro atoms. The second kappa shape index (κ2) is 8.45. The number of carbonyl (C=O) groups excluding carboxylic acids is 2. The van der Waals surface area contributed by atoms with Crippen LogP contribution in [-0.4, -0.2) is 34.3 Å². The average Bonchev–Trinajstić information content (AvgIpc) is 3.13. The summed E-state index contributed by atoms with van der Waals surface area (Å²) in [5.41, 5.74) is 2.04. The van der Waals surface area contributed by atoms with Crippen LogP contribution >= 0.6 is 11.3 Å². The van der Waals surface area contributed by atoms with Crippen molar-refractivity contribution in [3.05, 3.63) is 46.4 Å². The van der Waals surface area contributed by atoms with Gasteiger partial charge in [0.25, 0.3) is 0 Å². The number of aromatic nitrogens is 1. The van der Waals surface area contributed by atoms with E-state index in [1.54, 1.807) is 17.5 Å². The van der Waals surface area contributed by atoms with Gasteiger partial charge in [0.05, 0.1) is 5.01 Å². The Morgan fingerprint density at radius 3 is 2.92 bits per heavy atom. The summed E-state index contributed by atoms with van der Waals surface area (Å²) in [4.78, 5) is 31.2. The number of para-hydroxylation sites is 1. The van der Waals surface area contributed by atoms with Crippen LogP contribution in [0.3, 0.4) is 0 Å². The summed E-state index contributed by atoms with van der Waals surface area (Å²) in [6, 6.07) is 8.01. The van der Waals surface area contributed by atoms with E-state index in [9.17, 15) is 9.59 Å². The molecule has 0 bridgehead atoms. The molecule has 1 aromatic carbocycles. The first-order valence-electron chi connectivity index (χ1n) is 9.11. The lowest BCUT2D eigenvalue weighted by atomic mass is 9.89. The van der Waals surface area contributed by atoms with Crippen molar-refractivity contribution < 1.29 is 9.59 Å². The van der Waals surface area contributed by atoms with Gasteiger partial charge in [-0.15, -0.1) is 11.3 Å². The molecule has 0 saturated carbocycles. The second-order valence-corrected chi connectivity index (χ2v) is 7.92. The number of anilines is 1. The lowest BCUT2D eigenvalue weighted by molar-refractivity contribution is -0.133. The summed E-state index contributed by atoms with van der Waals surface area (Å²) < 4.78 is 0. The topological polar surface area (TPSA) is 62.3 Å². The predicted molar refractivity (Wildman–Crippen MR) is 104 cm³/mol. The number of thiazole rings is 1. The molecule has 0 radical (unpaired) electrons. The number of carbonyl (C=O) groups is 2. The Labute approximate surface area is 158 Å². The van der Waals surface area contributed by atoms with E-state index in [4.69, 9.17) is 0 Å². The van der Waals surface area contributed by atoms with Crippen molar-refractivity contribution >= 4 is 28.8 Å². The molecule has 2 aromatic rings. The van der Waals surface area contributed by atoms with E-state index in [1.807, 2.05) is 48.4 Å². The van der Waals surface area contributed by atoms with Crippen molar-refractivity contribution in [2.45, 2.75) is 45.6 Å². The number of fused-ring (bicyclic) bond motifs is 1. The number of benzene rings is 1. The molecule has 1 atom stereocenters. The first-order valence-corrected chi connectivity index (χ1v) is 9.99. The molecule has 3 rings (SSSR count). The Kier molecular flexibility index (Phi) is 6.04. The maximum atomic E-state index is 12.7. The van der Waals surface area contributed by atoms with Crippen LogP contribution in [-0.2, 0) is 22.4 Å². The Morgan fingerprint density at radius 2 is 2.19 bits per heavy atom. The normalized spacial score (nSPS) is 16.3. The zero-order chi connectivity index (χ0) is 18.5. The van der Waals surface area contributed by atoms with Crippen LogP contribution in [0.15, 0.2) is 35.8 Å². The summed E-state index contributed by atoms with van der Waals surface area (Å²) in [5.74, 6) is 0.000391. The highest BCUT2D eigenvalue weighted by Crippen LogP contribution is 2.27. The van der Waals surface area contributed by atoms with Crippen molar-refractivity contribution in [2.24, 2.45) is 5.92 Å². The van der Waals surface area contributed by atoms with Gasteiger partial charge in [-0.25, -0.2) is 4.98 Å². The molecule has 1 N–H and O–H groups in total. The molecule has 2 heterocycles. The van der Waals surface area contributed by atoms with Crippen LogP contribution in [0.1, 0.15) is 37.3 Å². The largest absolute Gasteiger partial charge is 0.340 e. The van der Waals surface area contributed by atoms with Gasteiger partial charge in [-0.1, -0.05) is 18.2 Å². The Morgan fingerprint density at radius 1 is 1.38 bits per heavy atom. The quantitative estimate of drug-likeness (QED) is 0.810. The lowest BCUT2D eigenvalue weighted by Crippen LogP contribution is -2.39. The molecule has 0 saturated heterocycles. The molecular formula is C20H25N3O2S. The van der Waals surface area contributed by atoms with Crippen molar-refractivity contribution in [3.63, 3.8) is 0 Å². The standard InChI is InChI=1S/C20H25N3O2S/c1-14(2)23(11-9-18-21-10-12-26-18)19(24)8-7-16-13-15-5-3-4-6-17(15)22-20(16)25/h3-6,10,12,14,16H,7-9,11,13H2,1-2H3,(H,22,25)/t16-/m1/s1. The molecule has 0 fully saturated rings. The summed E-state index contributed by atoms with van der Waals surface area (Å²) in [7, 11) is 0. The van der Waals surface area contributed by atoms with E-state index < -0.39 is 0 Å². The van der Waals surface area contributed by atoms with Gasteiger partial charge in [0.1, 0.15) is 0 Å². The summed E-state index contributed by atoms with van der Waals surface area (Å²) in [6.45, 7) is 4.73. The van der Waals surface area contributed by atoms with Gasteiger partial charge in [-0.05, 0) is 38.3 Å². The third kappa shape index (κ3) is 4.49. The Balaban J connectivity index is 1.55. The molecule has 1 aliphatic heterocycles. The zero-order valence-electron chi connectivity index (χ0n) is 15.3. The minimum Gasteiger partial charge on any atom is -0.340 e. The lowest BCUT2D eigenvalue weighted by Gasteiger charge is -2.28. The maximum absolute atomic E-state index is 12.7. The molecule has 2 amide bonds. The van der Waals surface area contributed by atoms with E-state index in [0.717, 1.165) is 22.7 Å². The van der Waals surface area contributed by atoms with Gasteiger partial charge in [0.2, 0.25) is 11.8 Å². The van der Waals surface area contributed by atoms with E-state index in [0.29, 0.717) is 25.8 Å². The SMILES string of the molecule is CC(C)N(CCc1nccs1)C(=O)CC[C@@H]1Cc2ccccc2NC1=O. The number of hydrogen-bond donors (Lipinski definition) is 1.